The summed E-state index contributed by atoms with van der Waals surface area (Å²) in [5, 5.41) is 4.12. The van der Waals surface area contributed by atoms with Crippen molar-refractivity contribution in [2.24, 2.45) is 0 Å². The first-order valence-electron chi connectivity index (χ1n) is 6.67. The van der Waals surface area contributed by atoms with Crippen molar-refractivity contribution in [1.29, 1.82) is 0 Å². The Labute approximate surface area is 121 Å². The van der Waals surface area contributed by atoms with Gasteiger partial charge in [0.15, 0.2) is 0 Å². The molecule has 1 aliphatic heterocycles. The Hall–Kier alpha value is -1.88. The average Bonchev–Trinajstić information content (AvgIpc) is 2.87. The van der Waals surface area contributed by atoms with Crippen molar-refractivity contribution in [1.82, 2.24) is 10.2 Å². The minimum atomic E-state index is -0.0426. The molecule has 2 heterocycles. The lowest BCUT2D eigenvalue weighted by atomic mass is 10.1. The molecule has 2 aromatic rings. The molecule has 0 spiro atoms. The zero-order chi connectivity index (χ0) is 14.1. The summed E-state index contributed by atoms with van der Waals surface area (Å²) in [5.41, 5.74) is 0. The summed E-state index contributed by atoms with van der Waals surface area (Å²) >= 11 is 1.50. The van der Waals surface area contributed by atoms with E-state index in [0.717, 1.165) is 21.4 Å². The molecular weight excluding hydrogens is 272 g/mol. The van der Waals surface area contributed by atoms with Crippen LogP contribution in [0.25, 0.3) is 10.1 Å². The van der Waals surface area contributed by atoms with Crippen molar-refractivity contribution in [3.8, 4) is 0 Å². The van der Waals surface area contributed by atoms with Crippen LogP contribution in [-0.2, 0) is 4.79 Å². The number of hydrogen-bond acceptors (Lipinski definition) is 3. The van der Waals surface area contributed by atoms with E-state index >= 15 is 0 Å². The summed E-state index contributed by atoms with van der Waals surface area (Å²) in [6.45, 7) is 0.593. The maximum atomic E-state index is 12.3. The lowest BCUT2D eigenvalue weighted by Crippen LogP contribution is -2.48. The SMILES string of the molecule is CN1CC(NC(=O)c2cc3ccccc3s2)CCC1=O. The molecule has 1 unspecified atom stereocenters. The van der Waals surface area contributed by atoms with Crippen LogP contribution in [0.5, 0.6) is 0 Å². The maximum absolute atomic E-state index is 12.3. The Morgan fingerprint density at radius 3 is 2.95 bits per heavy atom. The summed E-state index contributed by atoms with van der Waals surface area (Å²) < 4.78 is 1.12. The van der Waals surface area contributed by atoms with Gasteiger partial charge in [0.05, 0.1) is 4.88 Å². The monoisotopic (exact) mass is 288 g/mol. The molecule has 0 radical (unpaired) electrons. The molecule has 104 valence electrons. The number of amides is 2. The van der Waals surface area contributed by atoms with Gasteiger partial charge in [-0.1, -0.05) is 18.2 Å². The van der Waals surface area contributed by atoms with Crippen LogP contribution < -0.4 is 5.32 Å². The Morgan fingerprint density at radius 1 is 1.40 bits per heavy atom. The van der Waals surface area contributed by atoms with Gasteiger partial charge in [0.2, 0.25) is 5.91 Å². The molecule has 0 saturated carbocycles. The molecule has 4 nitrogen and oxygen atoms in total. The van der Waals surface area contributed by atoms with Crippen LogP contribution in [0.1, 0.15) is 22.5 Å². The van der Waals surface area contributed by atoms with Gasteiger partial charge in [-0.2, -0.15) is 0 Å². The van der Waals surface area contributed by atoms with E-state index in [1.54, 1.807) is 11.9 Å². The second-order valence-electron chi connectivity index (χ2n) is 5.13. The topological polar surface area (TPSA) is 49.4 Å². The highest BCUT2D eigenvalue weighted by Crippen LogP contribution is 2.25. The second kappa shape index (κ2) is 5.25. The number of piperidine rings is 1. The number of likely N-dealkylation sites (tertiary alicyclic amines) is 1. The molecule has 0 aliphatic carbocycles. The summed E-state index contributed by atoms with van der Waals surface area (Å²) in [6.07, 6.45) is 1.23. The number of likely N-dealkylation sites (N-methyl/N-ethyl adjacent to an activating group) is 1. The van der Waals surface area contributed by atoms with E-state index in [2.05, 4.69) is 5.32 Å². The maximum Gasteiger partial charge on any atom is 0.261 e. The normalized spacial score (nSPS) is 19.4. The first kappa shape index (κ1) is 13.1. The molecule has 5 heteroatoms. The molecule has 0 bridgehead atoms. The summed E-state index contributed by atoms with van der Waals surface area (Å²) in [4.78, 5) is 26.1. The number of nitrogens with one attached hydrogen (secondary N) is 1. The molecule has 1 aliphatic rings. The Bertz CT molecular complexity index is 632. The molecule has 1 aromatic heterocycles. The first-order valence-corrected chi connectivity index (χ1v) is 7.48. The molecule has 1 fully saturated rings. The van der Waals surface area contributed by atoms with E-state index in [1.807, 2.05) is 30.3 Å². The highest BCUT2D eigenvalue weighted by atomic mass is 32.1. The van der Waals surface area contributed by atoms with Gasteiger partial charge < -0.3 is 10.2 Å². The highest BCUT2D eigenvalue weighted by molar-refractivity contribution is 7.20. The largest absolute Gasteiger partial charge is 0.347 e. The van der Waals surface area contributed by atoms with Gasteiger partial charge in [-0.05, 0) is 23.9 Å². The molecular formula is C15H16N2O2S. The fourth-order valence-electron chi connectivity index (χ4n) is 2.48. The third-order valence-electron chi connectivity index (χ3n) is 3.61. The highest BCUT2D eigenvalue weighted by Gasteiger charge is 2.24. The van der Waals surface area contributed by atoms with Gasteiger partial charge >= 0.3 is 0 Å². The number of fused-ring (bicyclic) bond motifs is 1. The number of hydrogen-bond donors (Lipinski definition) is 1. The van der Waals surface area contributed by atoms with Gasteiger partial charge in [-0.25, -0.2) is 0 Å². The number of carbonyl (C=O) groups is 2. The summed E-state index contributed by atoms with van der Waals surface area (Å²) in [5.74, 6) is 0.108. The number of thiophene rings is 1. The van der Waals surface area contributed by atoms with Crippen molar-refractivity contribution in [2.45, 2.75) is 18.9 Å². The molecule has 3 rings (SSSR count). The number of carbonyl (C=O) groups excluding carboxylic acids is 2. The number of rotatable bonds is 2. The van der Waals surface area contributed by atoms with Gasteiger partial charge in [0.25, 0.3) is 5.91 Å². The third-order valence-corrected chi connectivity index (χ3v) is 4.73. The summed E-state index contributed by atoms with van der Waals surface area (Å²) in [6, 6.07) is 9.95. The van der Waals surface area contributed by atoms with E-state index < -0.39 is 0 Å². The zero-order valence-electron chi connectivity index (χ0n) is 11.3. The third kappa shape index (κ3) is 2.54. The van der Waals surface area contributed by atoms with E-state index in [1.165, 1.54) is 11.3 Å². The molecule has 20 heavy (non-hydrogen) atoms. The van der Waals surface area contributed by atoms with Crippen LogP contribution in [0.4, 0.5) is 0 Å². The van der Waals surface area contributed by atoms with Crippen LogP contribution >= 0.6 is 11.3 Å². The lowest BCUT2D eigenvalue weighted by Gasteiger charge is -2.29. The van der Waals surface area contributed by atoms with Gasteiger partial charge in [0.1, 0.15) is 0 Å². The predicted molar refractivity (Wildman–Crippen MR) is 80.0 cm³/mol. The average molecular weight is 288 g/mol. The Morgan fingerprint density at radius 2 is 2.20 bits per heavy atom. The molecule has 1 N–H and O–H groups in total. The second-order valence-corrected chi connectivity index (χ2v) is 6.22. The fourth-order valence-corrected chi connectivity index (χ4v) is 3.45. The lowest BCUT2D eigenvalue weighted by molar-refractivity contribution is -0.132. The van der Waals surface area contributed by atoms with E-state index in [9.17, 15) is 9.59 Å². The van der Waals surface area contributed by atoms with Crippen molar-refractivity contribution in [3.63, 3.8) is 0 Å². The van der Waals surface area contributed by atoms with Crippen LogP contribution in [-0.4, -0.2) is 36.3 Å². The van der Waals surface area contributed by atoms with Crippen LogP contribution in [0, 0.1) is 0 Å². The van der Waals surface area contributed by atoms with Crippen molar-refractivity contribution in [2.75, 3.05) is 13.6 Å². The van der Waals surface area contributed by atoms with Crippen LogP contribution in [0.15, 0.2) is 30.3 Å². The van der Waals surface area contributed by atoms with Crippen LogP contribution in [0.2, 0.25) is 0 Å². The van der Waals surface area contributed by atoms with Crippen molar-refractivity contribution < 1.29 is 9.59 Å². The quantitative estimate of drug-likeness (QED) is 0.921. The van der Waals surface area contributed by atoms with Gasteiger partial charge in [-0.15, -0.1) is 11.3 Å². The number of benzene rings is 1. The van der Waals surface area contributed by atoms with Crippen LogP contribution in [0.3, 0.4) is 0 Å². The van der Waals surface area contributed by atoms with Crippen molar-refractivity contribution in [3.05, 3.63) is 35.2 Å². The molecule has 1 saturated heterocycles. The van der Waals surface area contributed by atoms with Gasteiger partial charge in [0, 0.05) is 30.8 Å². The van der Waals surface area contributed by atoms with Crippen molar-refractivity contribution >= 4 is 33.2 Å². The zero-order valence-corrected chi connectivity index (χ0v) is 12.1. The number of nitrogens with zero attached hydrogens (tertiary/aromatic N) is 1. The Balaban J connectivity index is 1.71. The minimum absolute atomic E-state index is 0.0426. The fraction of sp³-hybridized carbons (Fsp3) is 0.333. The predicted octanol–water partition coefficient (Wildman–Crippen LogP) is 2.25. The molecule has 2 amide bonds. The first-order chi connectivity index (χ1) is 9.63. The summed E-state index contributed by atoms with van der Waals surface area (Å²) in [7, 11) is 1.78. The van der Waals surface area contributed by atoms with E-state index in [0.29, 0.717) is 13.0 Å². The smallest absolute Gasteiger partial charge is 0.261 e. The van der Waals surface area contributed by atoms with E-state index in [4.69, 9.17) is 0 Å². The minimum Gasteiger partial charge on any atom is -0.347 e. The van der Waals surface area contributed by atoms with E-state index in [-0.39, 0.29) is 17.9 Å². The standard InChI is InChI=1S/C15H16N2O2S/c1-17-9-11(6-7-14(17)18)16-15(19)13-8-10-4-2-3-5-12(10)20-13/h2-5,8,11H,6-7,9H2,1H3,(H,16,19). The molecule has 1 atom stereocenters. The van der Waals surface area contributed by atoms with Gasteiger partial charge in [-0.3, -0.25) is 9.59 Å². The molecule has 1 aromatic carbocycles. The Kier molecular flexibility index (Phi) is 3.44.